The van der Waals surface area contributed by atoms with Crippen LogP contribution in [0, 0.1) is 21.4 Å². The largest absolute Gasteiger partial charge is 0.314 e. The zero-order chi connectivity index (χ0) is 14.1. The minimum atomic E-state index is -4.45. The van der Waals surface area contributed by atoms with Crippen molar-refractivity contribution in [1.29, 1.82) is 5.26 Å². The number of nitrogens with two attached hydrogens (primary N) is 1. The lowest BCUT2D eigenvalue weighted by Gasteiger charge is -2.05. The summed E-state index contributed by atoms with van der Waals surface area (Å²) in [5.41, 5.74) is -3.50. The molecule has 1 rings (SSSR count). The van der Waals surface area contributed by atoms with Gasteiger partial charge in [0.15, 0.2) is 5.03 Å². The second-order valence-electron chi connectivity index (χ2n) is 2.96. The van der Waals surface area contributed by atoms with Gasteiger partial charge < -0.3 is 0 Å². The number of sulfonamides is 1. The normalized spacial score (nSPS) is 11.3. The molecule has 0 spiro atoms. The summed E-state index contributed by atoms with van der Waals surface area (Å²) in [6, 6.07) is 1.46. The Bertz CT molecular complexity index is 652. The summed E-state index contributed by atoms with van der Waals surface area (Å²) in [6.45, 7) is 0. The number of rotatable bonds is 3. The molecule has 0 aromatic carbocycles. The van der Waals surface area contributed by atoms with Crippen molar-refractivity contribution in [2.24, 2.45) is 5.14 Å². The van der Waals surface area contributed by atoms with E-state index < -0.39 is 43.3 Å². The summed E-state index contributed by atoms with van der Waals surface area (Å²) >= 11 is 0. The molecule has 2 N–H and O–H groups in total. The van der Waals surface area contributed by atoms with Crippen LogP contribution in [-0.4, -0.2) is 18.3 Å². The highest BCUT2D eigenvalue weighted by atomic mass is 32.2. The van der Waals surface area contributed by atoms with Gasteiger partial charge in [0.05, 0.1) is 4.92 Å². The van der Waals surface area contributed by atoms with Crippen molar-refractivity contribution in [3.63, 3.8) is 0 Å². The molecule has 0 aliphatic carbocycles. The molecule has 0 saturated heterocycles. The first kappa shape index (κ1) is 13.9. The second-order valence-corrected chi connectivity index (χ2v) is 4.47. The highest BCUT2D eigenvalue weighted by molar-refractivity contribution is 7.89. The zero-order valence-electron chi connectivity index (χ0n) is 8.37. The Morgan fingerprint density at radius 3 is 2.44 bits per heavy atom. The lowest BCUT2D eigenvalue weighted by molar-refractivity contribution is -0.386. The first-order valence-corrected chi connectivity index (χ1v) is 5.63. The summed E-state index contributed by atoms with van der Waals surface area (Å²) in [5.74, 6) is 0. The monoisotopic (exact) mass is 278 g/mol. The number of pyridine rings is 1. The number of halogens is 2. The Kier molecular flexibility index (Phi) is 3.54. The molecular formula is C7H4F2N4O4S. The summed E-state index contributed by atoms with van der Waals surface area (Å²) in [4.78, 5) is 12.4. The molecule has 1 aromatic heterocycles. The quantitative estimate of drug-likeness (QED) is 0.628. The van der Waals surface area contributed by atoms with Crippen molar-refractivity contribution < 1.29 is 22.1 Å². The van der Waals surface area contributed by atoms with E-state index in [1.807, 2.05) is 0 Å². The van der Waals surface area contributed by atoms with Crippen molar-refractivity contribution in [2.75, 3.05) is 0 Å². The van der Waals surface area contributed by atoms with Gasteiger partial charge in [0.2, 0.25) is 5.69 Å². The fourth-order valence-electron chi connectivity index (χ4n) is 1.12. The van der Waals surface area contributed by atoms with E-state index in [0.29, 0.717) is 0 Å². The molecule has 96 valence electrons. The van der Waals surface area contributed by atoms with Crippen LogP contribution in [0.15, 0.2) is 11.1 Å². The molecule has 0 saturated carbocycles. The first-order valence-electron chi connectivity index (χ1n) is 4.09. The molecule has 11 heteroatoms. The Labute approximate surface area is 98.9 Å². The summed E-state index contributed by atoms with van der Waals surface area (Å²) in [7, 11) is -4.45. The van der Waals surface area contributed by atoms with Crippen LogP contribution >= 0.6 is 0 Å². The Morgan fingerprint density at radius 1 is 1.56 bits per heavy atom. The minimum Gasteiger partial charge on any atom is -0.258 e. The van der Waals surface area contributed by atoms with E-state index in [2.05, 4.69) is 10.1 Å². The average molecular weight is 278 g/mol. The van der Waals surface area contributed by atoms with E-state index in [9.17, 15) is 27.3 Å². The molecule has 1 aromatic rings. The van der Waals surface area contributed by atoms with Crippen LogP contribution < -0.4 is 5.14 Å². The number of hydrogen-bond donors (Lipinski definition) is 1. The molecule has 0 radical (unpaired) electrons. The van der Waals surface area contributed by atoms with Crippen molar-refractivity contribution in [3.8, 4) is 6.07 Å². The Morgan fingerprint density at radius 2 is 2.11 bits per heavy atom. The SMILES string of the molecule is N#Cc1nc(S(N)(=O)=O)cc(C(F)F)c1[N+](=O)[O-]. The minimum absolute atomic E-state index is 0.277. The van der Waals surface area contributed by atoms with Gasteiger partial charge in [-0.15, -0.1) is 0 Å². The molecule has 0 fully saturated rings. The molecule has 18 heavy (non-hydrogen) atoms. The number of alkyl halides is 2. The van der Waals surface area contributed by atoms with Crippen molar-refractivity contribution in [1.82, 2.24) is 4.98 Å². The lowest BCUT2D eigenvalue weighted by atomic mass is 10.2. The molecule has 0 unspecified atom stereocenters. The number of primary sulfonamides is 1. The maximum atomic E-state index is 12.6. The number of hydrogen-bond acceptors (Lipinski definition) is 6. The highest BCUT2D eigenvalue weighted by Crippen LogP contribution is 2.32. The number of nitriles is 1. The van der Waals surface area contributed by atoms with Gasteiger partial charge in [-0.2, -0.15) is 5.26 Å². The Hall–Kier alpha value is -2.19. The maximum absolute atomic E-state index is 12.6. The van der Waals surface area contributed by atoms with Crippen molar-refractivity contribution in [3.05, 3.63) is 27.4 Å². The van der Waals surface area contributed by atoms with Gasteiger partial charge in [0.25, 0.3) is 16.4 Å². The van der Waals surface area contributed by atoms with E-state index in [-0.39, 0.29) is 6.07 Å². The fraction of sp³-hybridized carbons (Fsp3) is 0.143. The van der Waals surface area contributed by atoms with Gasteiger partial charge in [0, 0.05) is 0 Å². The van der Waals surface area contributed by atoms with Gasteiger partial charge >= 0.3 is 5.69 Å². The van der Waals surface area contributed by atoms with Crippen LogP contribution in [0.5, 0.6) is 0 Å². The summed E-state index contributed by atoms with van der Waals surface area (Å²) < 4.78 is 47.1. The average Bonchev–Trinajstić information content (AvgIpc) is 2.25. The van der Waals surface area contributed by atoms with Crippen molar-refractivity contribution >= 4 is 15.7 Å². The van der Waals surface area contributed by atoms with Crippen LogP contribution in [0.3, 0.4) is 0 Å². The smallest absolute Gasteiger partial charge is 0.258 e. The van der Waals surface area contributed by atoms with Crippen LogP contribution in [0.25, 0.3) is 0 Å². The van der Waals surface area contributed by atoms with Crippen molar-refractivity contribution in [2.45, 2.75) is 11.5 Å². The number of nitro groups is 1. The van der Waals surface area contributed by atoms with Gasteiger partial charge in [-0.25, -0.2) is 27.3 Å². The molecule has 0 bridgehead atoms. The highest BCUT2D eigenvalue weighted by Gasteiger charge is 2.30. The van der Waals surface area contributed by atoms with E-state index in [1.165, 1.54) is 6.07 Å². The molecule has 0 atom stereocenters. The number of nitrogens with zero attached hydrogens (tertiary/aromatic N) is 3. The lowest BCUT2D eigenvalue weighted by Crippen LogP contribution is -2.16. The molecule has 8 nitrogen and oxygen atoms in total. The number of aromatic nitrogens is 1. The van der Waals surface area contributed by atoms with Gasteiger partial charge in [-0.05, 0) is 6.07 Å². The van der Waals surface area contributed by atoms with E-state index in [0.717, 1.165) is 0 Å². The Balaban J connectivity index is 3.77. The molecule has 0 aliphatic rings. The summed E-state index contributed by atoms with van der Waals surface area (Å²) in [6.07, 6.45) is -3.35. The first-order chi connectivity index (χ1) is 8.18. The maximum Gasteiger partial charge on any atom is 0.314 e. The van der Waals surface area contributed by atoms with E-state index in [1.54, 1.807) is 0 Å². The molecule has 0 amide bonds. The fourth-order valence-corrected chi connectivity index (χ4v) is 1.63. The molecule has 1 heterocycles. The van der Waals surface area contributed by atoms with Gasteiger partial charge in [0.1, 0.15) is 11.6 Å². The van der Waals surface area contributed by atoms with Gasteiger partial charge in [-0.1, -0.05) is 0 Å². The van der Waals surface area contributed by atoms with Crippen LogP contribution in [0.2, 0.25) is 0 Å². The van der Waals surface area contributed by atoms with Crippen LogP contribution in [-0.2, 0) is 10.0 Å². The third-order valence-corrected chi connectivity index (χ3v) is 2.61. The van der Waals surface area contributed by atoms with Crippen LogP contribution in [0.1, 0.15) is 17.7 Å². The standard InChI is InChI=1S/C7H4F2N4O4S/c8-7(9)3-1-5(18(11,16)17)12-4(2-10)6(3)13(14)15/h1,7H,(H2,11,16,17). The van der Waals surface area contributed by atoms with Crippen LogP contribution in [0.4, 0.5) is 14.5 Å². The van der Waals surface area contributed by atoms with E-state index in [4.69, 9.17) is 5.26 Å². The predicted octanol–water partition coefficient (Wildman–Crippen LogP) is 0.446. The molecule has 0 aliphatic heterocycles. The van der Waals surface area contributed by atoms with E-state index >= 15 is 0 Å². The molecular weight excluding hydrogens is 274 g/mol. The third kappa shape index (κ3) is 2.55. The zero-order valence-corrected chi connectivity index (χ0v) is 9.19. The summed E-state index contributed by atoms with van der Waals surface area (Å²) in [5, 5.41) is 22.8. The van der Waals surface area contributed by atoms with Gasteiger partial charge in [-0.3, -0.25) is 10.1 Å². The second kappa shape index (κ2) is 4.59. The third-order valence-electron chi connectivity index (χ3n) is 1.81. The topological polar surface area (TPSA) is 140 Å². The predicted molar refractivity (Wildman–Crippen MR) is 51.9 cm³/mol.